The first-order chi connectivity index (χ1) is 17.0. The highest BCUT2D eigenvalue weighted by Gasteiger charge is 2.57. The molecule has 0 aromatic carbocycles. The maximum atomic E-state index is 10.4. The summed E-state index contributed by atoms with van der Waals surface area (Å²) in [5, 5.41) is 20.6. The summed E-state index contributed by atoms with van der Waals surface area (Å²) >= 11 is 0. The van der Waals surface area contributed by atoms with Crippen molar-refractivity contribution < 1.29 is 19.7 Å². The lowest BCUT2D eigenvalue weighted by Gasteiger charge is -2.55. The van der Waals surface area contributed by atoms with Gasteiger partial charge in [0.1, 0.15) is 0 Å². The molecule has 1 heterocycles. The zero-order valence-corrected chi connectivity index (χ0v) is 23.6. The third-order valence-electron chi connectivity index (χ3n) is 11.5. The Morgan fingerprint density at radius 2 is 1.83 bits per heavy atom. The van der Waals surface area contributed by atoms with Crippen molar-refractivity contribution in [1.29, 1.82) is 0 Å². The van der Waals surface area contributed by atoms with Gasteiger partial charge in [-0.3, -0.25) is 0 Å². The molecule has 9 atom stereocenters. The summed E-state index contributed by atoms with van der Waals surface area (Å²) in [6.45, 7) is 12.6. The Morgan fingerprint density at radius 3 is 2.56 bits per heavy atom. The number of hydrogen-bond acceptors (Lipinski definition) is 4. The fourth-order valence-corrected chi connectivity index (χ4v) is 9.13. The highest BCUT2D eigenvalue weighted by molar-refractivity contribution is 5.39. The van der Waals surface area contributed by atoms with Gasteiger partial charge in [-0.1, -0.05) is 44.1 Å². The number of ether oxygens (including phenoxy) is 2. The van der Waals surface area contributed by atoms with Crippen LogP contribution in [0.15, 0.2) is 23.3 Å². The molecular formula is C32H52O4. The van der Waals surface area contributed by atoms with E-state index in [0.29, 0.717) is 53.1 Å². The normalized spacial score (nSPS) is 42.5. The van der Waals surface area contributed by atoms with E-state index in [1.165, 1.54) is 38.5 Å². The quantitative estimate of drug-likeness (QED) is 0.414. The minimum atomic E-state index is -1.01. The van der Waals surface area contributed by atoms with E-state index in [0.717, 1.165) is 38.9 Å². The largest absolute Gasteiger partial charge is 0.390 e. The van der Waals surface area contributed by atoms with Gasteiger partial charge in [-0.15, -0.1) is 0 Å². The smallest absolute Gasteiger partial charge is 0.0849 e. The fraction of sp³-hybridized carbons (Fsp3) is 0.875. The molecule has 0 bridgehead atoms. The summed E-state index contributed by atoms with van der Waals surface area (Å²) in [7, 11) is 0. The SMILES string of the molecule is C[C@H](CC[C@@H](O)C(C)(C)O)[C@H]1CC[C@H]2C3=CC=C4C[C@@H](OC5CCCOC5)CC[C@]4(C)[C@H]3CC[C@]12C. The molecule has 0 spiro atoms. The molecule has 1 saturated heterocycles. The molecule has 1 unspecified atom stereocenters. The predicted molar refractivity (Wildman–Crippen MR) is 145 cm³/mol. The van der Waals surface area contributed by atoms with Crippen molar-refractivity contribution in [3.63, 3.8) is 0 Å². The third-order valence-corrected chi connectivity index (χ3v) is 11.5. The zero-order chi connectivity index (χ0) is 25.7. The highest BCUT2D eigenvalue weighted by atomic mass is 16.5. The van der Waals surface area contributed by atoms with Crippen LogP contribution in [0.1, 0.15) is 105 Å². The van der Waals surface area contributed by atoms with Gasteiger partial charge in [-0.05, 0) is 119 Å². The van der Waals surface area contributed by atoms with Gasteiger partial charge in [0.2, 0.25) is 0 Å². The molecule has 204 valence electrons. The third kappa shape index (κ3) is 4.90. The van der Waals surface area contributed by atoms with Crippen LogP contribution < -0.4 is 0 Å². The van der Waals surface area contributed by atoms with E-state index in [4.69, 9.17) is 9.47 Å². The highest BCUT2D eigenvalue weighted by Crippen LogP contribution is 2.66. The molecule has 36 heavy (non-hydrogen) atoms. The molecule has 5 rings (SSSR count). The summed E-state index contributed by atoms with van der Waals surface area (Å²) < 4.78 is 12.2. The van der Waals surface area contributed by atoms with E-state index in [9.17, 15) is 10.2 Å². The standard InChI is InChI=1S/C32H52O4/c1-21(8-13-29(33)30(2,3)34)26-11-12-27-25-10-9-22-19-23(36-24-7-6-18-35-20-24)14-16-31(22,4)28(25)15-17-32(26,27)5/h9-10,21,23-24,26-29,33-34H,6-8,11-20H2,1-5H3/t21-,23+,24?,26-,27+,28+,29-,31+,32-/m1/s1. The molecule has 0 aromatic heterocycles. The average molecular weight is 501 g/mol. The van der Waals surface area contributed by atoms with Gasteiger partial charge >= 0.3 is 0 Å². The Kier molecular flexibility index (Phi) is 7.57. The van der Waals surface area contributed by atoms with Crippen LogP contribution in [0.3, 0.4) is 0 Å². The molecule has 4 heteroatoms. The molecular weight excluding hydrogens is 448 g/mol. The summed E-state index contributed by atoms with van der Waals surface area (Å²) in [6.07, 6.45) is 17.8. The van der Waals surface area contributed by atoms with Crippen LogP contribution in [-0.2, 0) is 9.47 Å². The van der Waals surface area contributed by atoms with E-state index in [1.807, 2.05) is 0 Å². The van der Waals surface area contributed by atoms with Crippen LogP contribution in [0.25, 0.3) is 0 Å². The zero-order valence-electron chi connectivity index (χ0n) is 23.6. The van der Waals surface area contributed by atoms with Crippen molar-refractivity contribution in [2.75, 3.05) is 13.2 Å². The molecule has 4 nitrogen and oxygen atoms in total. The van der Waals surface area contributed by atoms with E-state index in [-0.39, 0.29) is 0 Å². The monoisotopic (exact) mass is 500 g/mol. The van der Waals surface area contributed by atoms with E-state index >= 15 is 0 Å². The van der Waals surface area contributed by atoms with Gasteiger partial charge in [0.05, 0.1) is 30.5 Å². The van der Waals surface area contributed by atoms with Crippen LogP contribution in [0.5, 0.6) is 0 Å². The number of hydrogen-bond donors (Lipinski definition) is 2. The summed E-state index contributed by atoms with van der Waals surface area (Å²) in [6, 6.07) is 0. The van der Waals surface area contributed by atoms with Gasteiger partial charge in [-0.2, -0.15) is 0 Å². The number of allylic oxidation sites excluding steroid dienone is 3. The second-order valence-electron chi connectivity index (χ2n) is 14.2. The van der Waals surface area contributed by atoms with Crippen molar-refractivity contribution in [1.82, 2.24) is 0 Å². The van der Waals surface area contributed by atoms with Crippen LogP contribution >= 0.6 is 0 Å². The molecule has 4 fully saturated rings. The van der Waals surface area contributed by atoms with E-state index < -0.39 is 11.7 Å². The van der Waals surface area contributed by atoms with Gasteiger partial charge in [0, 0.05) is 6.61 Å². The molecule has 0 radical (unpaired) electrons. The van der Waals surface area contributed by atoms with Gasteiger partial charge in [-0.25, -0.2) is 0 Å². The first-order valence-corrected chi connectivity index (χ1v) is 15.1. The lowest BCUT2D eigenvalue weighted by atomic mass is 9.50. The predicted octanol–water partition coefficient (Wildman–Crippen LogP) is 6.60. The summed E-state index contributed by atoms with van der Waals surface area (Å²) in [5.74, 6) is 2.68. The van der Waals surface area contributed by atoms with Crippen molar-refractivity contribution >= 4 is 0 Å². The van der Waals surface area contributed by atoms with Crippen molar-refractivity contribution in [2.24, 2.45) is 34.5 Å². The topological polar surface area (TPSA) is 58.9 Å². The maximum Gasteiger partial charge on any atom is 0.0849 e. The molecule has 3 saturated carbocycles. The number of aliphatic hydroxyl groups excluding tert-OH is 1. The Balaban J connectivity index is 1.27. The van der Waals surface area contributed by atoms with E-state index in [1.54, 1.807) is 25.0 Å². The van der Waals surface area contributed by atoms with Crippen LogP contribution in [0, 0.1) is 34.5 Å². The first kappa shape index (κ1) is 26.9. The Bertz CT molecular complexity index is 849. The summed E-state index contributed by atoms with van der Waals surface area (Å²) in [4.78, 5) is 0. The number of aliphatic hydroxyl groups is 2. The summed E-state index contributed by atoms with van der Waals surface area (Å²) in [5.41, 5.74) is 3.04. The van der Waals surface area contributed by atoms with Gasteiger partial charge in [0.25, 0.3) is 0 Å². The van der Waals surface area contributed by atoms with Crippen molar-refractivity contribution in [3.05, 3.63) is 23.3 Å². The fourth-order valence-electron chi connectivity index (χ4n) is 9.13. The average Bonchev–Trinajstić information content (AvgIpc) is 3.20. The van der Waals surface area contributed by atoms with Gasteiger partial charge < -0.3 is 19.7 Å². The maximum absolute atomic E-state index is 10.4. The Morgan fingerprint density at radius 1 is 1.03 bits per heavy atom. The van der Waals surface area contributed by atoms with Crippen LogP contribution in [0.4, 0.5) is 0 Å². The second-order valence-corrected chi connectivity index (χ2v) is 14.2. The van der Waals surface area contributed by atoms with Crippen LogP contribution in [-0.4, -0.2) is 47.3 Å². The van der Waals surface area contributed by atoms with E-state index in [2.05, 4.69) is 32.9 Å². The molecule has 2 N–H and O–H groups in total. The lowest BCUT2D eigenvalue weighted by Crippen LogP contribution is -2.47. The number of rotatable bonds is 7. The second kappa shape index (κ2) is 10.1. The molecule has 4 aliphatic carbocycles. The first-order valence-electron chi connectivity index (χ1n) is 15.1. The molecule has 1 aliphatic heterocycles. The minimum Gasteiger partial charge on any atom is -0.390 e. The minimum absolute atomic E-state index is 0.292. The Hall–Kier alpha value is -0.680. The van der Waals surface area contributed by atoms with Crippen LogP contribution in [0.2, 0.25) is 0 Å². The van der Waals surface area contributed by atoms with Crippen molar-refractivity contribution in [3.8, 4) is 0 Å². The lowest BCUT2D eigenvalue weighted by molar-refractivity contribution is -0.0961. The van der Waals surface area contributed by atoms with Crippen molar-refractivity contribution in [2.45, 2.75) is 129 Å². The molecule has 0 aromatic rings. The molecule has 5 aliphatic rings. The Labute approximate surface area is 219 Å². The molecule has 0 amide bonds. The van der Waals surface area contributed by atoms with Gasteiger partial charge in [0.15, 0.2) is 0 Å². The number of fused-ring (bicyclic) bond motifs is 5.